The van der Waals surface area contributed by atoms with Crippen molar-refractivity contribution in [3.05, 3.63) is 67.7 Å². The zero-order valence-corrected chi connectivity index (χ0v) is 22.7. The quantitative estimate of drug-likeness (QED) is 0.508. The van der Waals surface area contributed by atoms with E-state index in [1.54, 1.807) is 24.0 Å². The van der Waals surface area contributed by atoms with Gasteiger partial charge < -0.3 is 10.5 Å². The number of carbonyl (C=O) groups excluding carboxylic acids is 2. The van der Waals surface area contributed by atoms with Crippen molar-refractivity contribution < 1.29 is 22.7 Å². The molecule has 0 amide bonds. The van der Waals surface area contributed by atoms with Crippen LogP contribution in [-0.4, -0.2) is 26.8 Å². The molecule has 4 N–H and O–H groups in total. The van der Waals surface area contributed by atoms with Gasteiger partial charge in [-0.05, 0) is 71.1 Å². The maximum Gasteiger partial charge on any atom is 0.338 e. The molecule has 11 heteroatoms. The molecule has 35 heavy (non-hydrogen) atoms. The number of sulfonamides is 1. The Labute approximate surface area is 216 Å². The maximum atomic E-state index is 13.6. The highest BCUT2D eigenvalue weighted by Crippen LogP contribution is 2.51. The van der Waals surface area contributed by atoms with Crippen LogP contribution < -0.4 is 15.8 Å². The van der Waals surface area contributed by atoms with Gasteiger partial charge in [0.05, 0.1) is 26.8 Å². The summed E-state index contributed by atoms with van der Waals surface area (Å²) < 4.78 is 29.8. The van der Waals surface area contributed by atoms with Crippen molar-refractivity contribution in [1.82, 2.24) is 0 Å². The number of ketones is 1. The van der Waals surface area contributed by atoms with Gasteiger partial charge in [-0.25, -0.2) is 18.4 Å². The van der Waals surface area contributed by atoms with E-state index in [-0.39, 0.29) is 34.1 Å². The maximum absolute atomic E-state index is 13.6. The number of esters is 1. The molecule has 0 saturated heterocycles. The fourth-order valence-corrected chi connectivity index (χ4v) is 6.73. The molecule has 2 aliphatic rings. The van der Waals surface area contributed by atoms with Crippen molar-refractivity contribution in [3.8, 4) is 0 Å². The number of hydrogen-bond acceptors (Lipinski definition) is 8. The van der Waals surface area contributed by atoms with Gasteiger partial charge in [-0.1, -0.05) is 13.8 Å². The molecule has 0 spiro atoms. The average molecular weight is 581 g/mol. The van der Waals surface area contributed by atoms with Gasteiger partial charge in [0.25, 0.3) is 0 Å². The number of Topliss-reactive ketones (excluding diaryl/α,β-unsaturated/α-hetero) is 1. The molecular weight excluding hydrogens is 554 g/mol. The molecule has 4 rings (SSSR count). The molecule has 0 radical (unpaired) electrons. The van der Waals surface area contributed by atoms with E-state index >= 15 is 0 Å². The summed E-state index contributed by atoms with van der Waals surface area (Å²) in [5.41, 5.74) is 8.25. The van der Waals surface area contributed by atoms with Gasteiger partial charge in [0.2, 0.25) is 10.0 Å². The van der Waals surface area contributed by atoms with Crippen molar-refractivity contribution in [3.63, 3.8) is 0 Å². The predicted octanol–water partition coefficient (Wildman–Crippen LogP) is 4.14. The number of anilines is 1. The second-order valence-corrected chi connectivity index (χ2v) is 13.3. The first-order valence-electron chi connectivity index (χ1n) is 11.0. The summed E-state index contributed by atoms with van der Waals surface area (Å²) in [5, 5.41) is 5.26. The van der Waals surface area contributed by atoms with E-state index in [4.69, 9.17) is 15.6 Å². The zero-order valence-electron chi connectivity index (χ0n) is 19.5. The van der Waals surface area contributed by atoms with Crippen LogP contribution in [0.5, 0.6) is 0 Å². The SMILES string of the molecule is CCOC(=O)C1=C(N)N(c2ccc(S(N)(=O)=O)cc2)C2=C(C(=O)CC(C)(C)C2)[C@H]1c1ccc(Br)s1. The topological polar surface area (TPSA) is 133 Å². The summed E-state index contributed by atoms with van der Waals surface area (Å²) in [5.74, 6) is -1.18. The van der Waals surface area contributed by atoms with Crippen LogP contribution in [-0.2, 0) is 24.3 Å². The fraction of sp³-hybridized carbons (Fsp3) is 0.333. The molecule has 2 heterocycles. The van der Waals surface area contributed by atoms with Crippen LogP contribution in [0.3, 0.4) is 0 Å². The highest BCUT2D eigenvalue weighted by Gasteiger charge is 2.47. The molecule has 1 aromatic carbocycles. The summed E-state index contributed by atoms with van der Waals surface area (Å²) in [6.07, 6.45) is 0.855. The summed E-state index contributed by atoms with van der Waals surface area (Å²) in [7, 11) is -3.89. The summed E-state index contributed by atoms with van der Waals surface area (Å²) in [4.78, 5) is 29.3. The van der Waals surface area contributed by atoms with Crippen molar-refractivity contribution in [2.75, 3.05) is 11.5 Å². The van der Waals surface area contributed by atoms with Gasteiger partial charge in [0.1, 0.15) is 5.82 Å². The first kappa shape index (κ1) is 25.6. The number of ether oxygens (including phenoxy) is 1. The van der Waals surface area contributed by atoms with Gasteiger partial charge in [-0.2, -0.15) is 0 Å². The molecule has 1 aliphatic heterocycles. The first-order valence-corrected chi connectivity index (χ1v) is 14.1. The predicted molar refractivity (Wildman–Crippen MR) is 138 cm³/mol. The van der Waals surface area contributed by atoms with E-state index in [9.17, 15) is 18.0 Å². The van der Waals surface area contributed by atoms with Crippen LogP contribution in [0.25, 0.3) is 0 Å². The third kappa shape index (κ3) is 4.82. The van der Waals surface area contributed by atoms with E-state index in [1.165, 1.54) is 23.5 Å². The van der Waals surface area contributed by atoms with Crippen molar-refractivity contribution in [2.45, 2.75) is 44.4 Å². The van der Waals surface area contributed by atoms with E-state index in [1.807, 2.05) is 26.0 Å². The molecule has 0 saturated carbocycles. The molecule has 186 valence electrons. The monoisotopic (exact) mass is 579 g/mol. The van der Waals surface area contributed by atoms with E-state index in [2.05, 4.69) is 15.9 Å². The van der Waals surface area contributed by atoms with Crippen molar-refractivity contribution in [1.29, 1.82) is 0 Å². The number of primary sulfonamides is 1. The molecule has 0 fully saturated rings. The molecule has 1 aliphatic carbocycles. The minimum Gasteiger partial charge on any atom is -0.463 e. The molecular formula is C24H26BrN3O5S2. The number of nitrogens with zero attached hydrogens (tertiary/aromatic N) is 1. The number of nitrogens with two attached hydrogens (primary N) is 2. The highest BCUT2D eigenvalue weighted by atomic mass is 79.9. The molecule has 0 unspecified atom stereocenters. The minimum atomic E-state index is -3.89. The van der Waals surface area contributed by atoms with Gasteiger partial charge in [0, 0.05) is 28.3 Å². The highest BCUT2D eigenvalue weighted by molar-refractivity contribution is 9.11. The number of hydrogen-bond donors (Lipinski definition) is 2. The van der Waals surface area contributed by atoms with Gasteiger partial charge in [-0.3, -0.25) is 9.69 Å². The summed E-state index contributed by atoms with van der Waals surface area (Å²) >= 11 is 4.91. The Morgan fingerprint density at radius 3 is 2.40 bits per heavy atom. The van der Waals surface area contributed by atoms with E-state index in [0.717, 1.165) is 8.66 Å². The number of rotatable bonds is 5. The summed E-state index contributed by atoms with van der Waals surface area (Å²) in [6.45, 7) is 5.87. The van der Waals surface area contributed by atoms with Crippen molar-refractivity contribution >= 4 is 54.7 Å². The molecule has 8 nitrogen and oxygen atoms in total. The number of benzene rings is 1. The Morgan fingerprint density at radius 1 is 1.20 bits per heavy atom. The average Bonchev–Trinajstić information content (AvgIpc) is 3.17. The van der Waals surface area contributed by atoms with Crippen LogP contribution >= 0.6 is 27.3 Å². The number of carbonyl (C=O) groups is 2. The van der Waals surface area contributed by atoms with Crippen LogP contribution in [0.15, 0.2) is 67.7 Å². The Kier molecular flexibility index (Phi) is 6.73. The minimum absolute atomic E-state index is 0.0537. The summed E-state index contributed by atoms with van der Waals surface area (Å²) in [6, 6.07) is 9.62. The Balaban J connectivity index is 1.99. The third-order valence-corrected chi connectivity index (χ3v) is 8.68. The number of thiophene rings is 1. The van der Waals surface area contributed by atoms with Gasteiger partial charge >= 0.3 is 5.97 Å². The molecule has 0 bridgehead atoms. The second kappa shape index (κ2) is 9.20. The van der Waals surface area contributed by atoms with Crippen LogP contribution in [0.1, 0.15) is 44.4 Å². The smallest absolute Gasteiger partial charge is 0.338 e. The fourth-order valence-electron chi connectivity index (χ4n) is 4.67. The van der Waals surface area contributed by atoms with E-state index < -0.39 is 21.9 Å². The van der Waals surface area contributed by atoms with Crippen molar-refractivity contribution in [2.24, 2.45) is 16.3 Å². The number of allylic oxidation sites excluding steroid dienone is 2. The Bertz CT molecular complexity index is 1370. The lowest BCUT2D eigenvalue weighted by atomic mass is 9.69. The molecule has 2 aromatic rings. The molecule has 1 atom stereocenters. The van der Waals surface area contributed by atoms with Gasteiger partial charge in [-0.15, -0.1) is 11.3 Å². The zero-order chi connectivity index (χ0) is 25.7. The van der Waals surface area contributed by atoms with Crippen LogP contribution in [0, 0.1) is 5.41 Å². The standard InChI is InChI=1S/C24H26BrN3O5S2/c1-4-33-23(30)21-20(17-9-10-18(25)34-17)19-15(11-24(2,3)12-16(19)29)28(22(21)26)13-5-7-14(8-6-13)35(27,31)32/h5-10,20H,4,11-12,26H2,1-3H3,(H2,27,31,32)/t20-/m1/s1. The Morgan fingerprint density at radius 2 is 1.86 bits per heavy atom. The van der Waals surface area contributed by atoms with Crippen LogP contribution in [0.2, 0.25) is 0 Å². The van der Waals surface area contributed by atoms with Crippen LogP contribution in [0.4, 0.5) is 5.69 Å². The Hall–Kier alpha value is -2.47. The molecule has 1 aromatic heterocycles. The lowest BCUT2D eigenvalue weighted by molar-refractivity contribution is -0.138. The van der Waals surface area contributed by atoms with E-state index in [0.29, 0.717) is 29.8 Å². The normalized spacial score (nSPS) is 20.2. The second-order valence-electron chi connectivity index (χ2n) is 9.27. The van der Waals surface area contributed by atoms with Gasteiger partial charge in [0.15, 0.2) is 5.78 Å². The largest absolute Gasteiger partial charge is 0.463 e. The first-order chi connectivity index (χ1) is 16.3. The number of halogens is 1. The lowest BCUT2D eigenvalue weighted by Gasteiger charge is -2.44. The lowest BCUT2D eigenvalue weighted by Crippen LogP contribution is -2.43. The third-order valence-electron chi connectivity index (χ3n) is 6.06.